The van der Waals surface area contributed by atoms with Crippen molar-refractivity contribution in [3.63, 3.8) is 0 Å². The Hall–Kier alpha value is -1.15. The fourth-order valence-corrected chi connectivity index (χ4v) is 2.46. The van der Waals surface area contributed by atoms with E-state index in [1.165, 1.54) is 17.6 Å². The van der Waals surface area contributed by atoms with E-state index in [-0.39, 0.29) is 12.5 Å². The number of hydrogen-bond donors (Lipinski definition) is 1. The monoisotopic (exact) mass is 334 g/mol. The summed E-state index contributed by atoms with van der Waals surface area (Å²) in [7, 11) is -3.14. The number of carbonyl (C=O) groups excluding carboxylic acids is 1. The predicted octanol–water partition coefficient (Wildman–Crippen LogP) is 1.87. The molecular formula is C13H22N2O4S2. The minimum Gasteiger partial charge on any atom is -0.466 e. The van der Waals surface area contributed by atoms with Crippen molar-refractivity contribution in [1.29, 1.82) is 0 Å². The number of nitrogens with zero attached hydrogens (tertiary/aromatic N) is 1. The first kappa shape index (κ1) is 17.9. The Balaban J connectivity index is 2.51. The molecule has 1 aromatic rings. The van der Waals surface area contributed by atoms with Gasteiger partial charge in [0, 0.05) is 24.6 Å². The van der Waals surface area contributed by atoms with Crippen molar-refractivity contribution in [2.75, 3.05) is 24.7 Å². The summed E-state index contributed by atoms with van der Waals surface area (Å²) in [5.41, 5.74) is 0.799. The highest BCUT2D eigenvalue weighted by Gasteiger charge is 2.30. The average Bonchev–Trinajstić information content (AvgIpc) is 2.81. The van der Waals surface area contributed by atoms with Gasteiger partial charge < -0.3 is 10.1 Å². The number of carbonyl (C=O) groups is 1. The predicted molar refractivity (Wildman–Crippen MR) is 84.5 cm³/mol. The first-order valence-corrected chi connectivity index (χ1v) is 9.46. The van der Waals surface area contributed by atoms with Crippen molar-refractivity contribution in [2.45, 2.75) is 38.4 Å². The van der Waals surface area contributed by atoms with Gasteiger partial charge in [-0.05, 0) is 20.8 Å². The number of ether oxygens (including phenoxy) is 1. The normalized spacial score (nSPS) is 12.2. The molecule has 120 valence electrons. The highest BCUT2D eigenvalue weighted by atomic mass is 32.2. The lowest BCUT2D eigenvalue weighted by molar-refractivity contribution is -0.143. The molecular weight excluding hydrogens is 312 g/mol. The summed E-state index contributed by atoms with van der Waals surface area (Å²) in [6.07, 6.45) is 2.04. The van der Waals surface area contributed by atoms with E-state index in [2.05, 4.69) is 10.3 Å². The van der Waals surface area contributed by atoms with Crippen LogP contribution < -0.4 is 5.32 Å². The third kappa shape index (κ3) is 5.62. The third-order valence-electron chi connectivity index (χ3n) is 3.11. The van der Waals surface area contributed by atoms with Gasteiger partial charge >= 0.3 is 5.97 Å². The number of rotatable bonds is 8. The van der Waals surface area contributed by atoms with Crippen LogP contribution >= 0.6 is 11.3 Å². The van der Waals surface area contributed by atoms with Crippen molar-refractivity contribution in [1.82, 2.24) is 4.98 Å². The van der Waals surface area contributed by atoms with Crippen LogP contribution in [0.3, 0.4) is 0 Å². The van der Waals surface area contributed by atoms with E-state index in [1.807, 2.05) is 5.38 Å². The first-order chi connectivity index (χ1) is 9.65. The molecule has 0 amide bonds. The summed E-state index contributed by atoms with van der Waals surface area (Å²) in [5.74, 6) is -0.238. The Bertz CT molecular complexity index is 579. The molecule has 0 bridgehead atoms. The minimum absolute atomic E-state index is 0.238. The van der Waals surface area contributed by atoms with Crippen LogP contribution in [0.1, 0.15) is 32.9 Å². The van der Waals surface area contributed by atoms with Crippen molar-refractivity contribution in [3.8, 4) is 0 Å². The van der Waals surface area contributed by atoms with Crippen LogP contribution in [0.15, 0.2) is 5.38 Å². The second-order valence-electron chi connectivity index (χ2n) is 5.33. The molecule has 0 aliphatic heterocycles. The second-order valence-corrected chi connectivity index (χ2v) is 8.84. The number of hydrogen-bond acceptors (Lipinski definition) is 7. The minimum atomic E-state index is -3.14. The van der Waals surface area contributed by atoms with Crippen LogP contribution in [0.25, 0.3) is 0 Å². The van der Waals surface area contributed by atoms with Gasteiger partial charge in [0.2, 0.25) is 0 Å². The van der Waals surface area contributed by atoms with Crippen LogP contribution in [0.4, 0.5) is 5.13 Å². The van der Waals surface area contributed by atoms with E-state index in [9.17, 15) is 13.2 Å². The number of aromatic nitrogens is 1. The lowest BCUT2D eigenvalue weighted by atomic mass is 10.2. The summed E-state index contributed by atoms with van der Waals surface area (Å²) in [5, 5.41) is 5.55. The standard InChI is InChI=1S/C13H22N2O4S2/c1-5-19-11(16)7-6-10-8-20-12(15-10)14-9-13(2,3)21(4,17)18/h8H,5-7,9H2,1-4H3,(H,14,15). The third-order valence-corrected chi connectivity index (χ3v) is 6.11. The van der Waals surface area contributed by atoms with Gasteiger partial charge in [0.25, 0.3) is 0 Å². The van der Waals surface area contributed by atoms with Crippen LogP contribution in [0.5, 0.6) is 0 Å². The summed E-state index contributed by atoms with van der Waals surface area (Å²) < 4.78 is 27.2. The summed E-state index contributed by atoms with van der Waals surface area (Å²) in [6, 6.07) is 0. The molecule has 1 aromatic heterocycles. The lowest BCUT2D eigenvalue weighted by Gasteiger charge is -2.22. The Morgan fingerprint density at radius 2 is 2.14 bits per heavy atom. The molecule has 6 nitrogen and oxygen atoms in total. The number of thiazole rings is 1. The van der Waals surface area contributed by atoms with Gasteiger partial charge in [0.05, 0.1) is 23.5 Å². The van der Waals surface area contributed by atoms with E-state index < -0.39 is 14.6 Å². The largest absolute Gasteiger partial charge is 0.466 e. The van der Waals surface area contributed by atoms with Crippen LogP contribution in [-0.4, -0.2) is 43.5 Å². The molecule has 0 aromatic carbocycles. The van der Waals surface area contributed by atoms with Crippen LogP contribution in [0, 0.1) is 0 Å². The molecule has 1 heterocycles. The van der Waals surface area contributed by atoms with Crippen molar-refractivity contribution < 1.29 is 17.9 Å². The second kappa shape index (κ2) is 7.22. The molecule has 1 rings (SSSR count). The molecule has 0 unspecified atom stereocenters. The van der Waals surface area contributed by atoms with Gasteiger partial charge in [-0.1, -0.05) is 0 Å². The van der Waals surface area contributed by atoms with Gasteiger partial charge in [-0.2, -0.15) is 0 Å². The fourth-order valence-electron chi connectivity index (χ4n) is 1.39. The van der Waals surface area contributed by atoms with Gasteiger partial charge in [0.15, 0.2) is 15.0 Å². The highest BCUT2D eigenvalue weighted by Crippen LogP contribution is 2.20. The quantitative estimate of drug-likeness (QED) is 0.731. The average molecular weight is 334 g/mol. The molecule has 8 heteroatoms. The van der Waals surface area contributed by atoms with Crippen molar-refractivity contribution in [2.24, 2.45) is 0 Å². The van der Waals surface area contributed by atoms with E-state index in [0.29, 0.717) is 24.6 Å². The maximum Gasteiger partial charge on any atom is 0.306 e. The van der Waals surface area contributed by atoms with E-state index >= 15 is 0 Å². The Labute approximate surface area is 129 Å². The first-order valence-electron chi connectivity index (χ1n) is 6.69. The van der Waals surface area contributed by atoms with Gasteiger partial charge in [-0.25, -0.2) is 13.4 Å². The molecule has 0 atom stereocenters. The van der Waals surface area contributed by atoms with Gasteiger partial charge in [-0.3, -0.25) is 4.79 Å². The lowest BCUT2D eigenvalue weighted by Crippen LogP contribution is -2.38. The summed E-state index contributed by atoms with van der Waals surface area (Å²) >= 11 is 1.40. The fraction of sp³-hybridized carbons (Fsp3) is 0.692. The van der Waals surface area contributed by atoms with Crippen molar-refractivity contribution in [3.05, 3.63) is 11.1 Å². The van der Waals surface area contributed by atoms with Crippen molar-refractivity contribution >= 4 is 32.3 Å². The van der Waals surface area contributed by atoms with E-state index in [0.717, 1.165) is 5.69 Å². The molecule has 0 spiro atoms. The summed E-state index contributed by atoms with van der Waals surface area (Å²) in [6.45, 7) is 5.78. The molecule has 0 aliphatic rings. The number of esters is 1. The smallest absolute Gasteiger partial charge is 0.306 e. The zero-order valence-corrected chi connectivity index (χ0v) is 14.4. The zero-order valence-electron chi connectivity index (χ0n) is 12.8. The Morgan fingerprint density at radius 1 is 1.48 bits per heavy atom. The van der Waals surface area contributed by atoms with Crippen LogP contribution in [-0.2, 0) is 25.8 Å². The van der Waals surface area contributed by atoms with E-state index in [1.54, 1.807) is 20.8 Å². The molecule has 0 radical (unpaired) electrons. The van der Waals surface area contributed by atoms with E-state index in [4.69, 9.17) is 4.74 Å². The molecule has 1 N–H and O–H groups in total. The Morgan fingerprint density at radius 3 is 2.71 bits per heavy atom. The van der Waals surface area contributed by atoms with Crippen LogP contribution in [0.2, 0.25) is 0 Å². The molecule has 0 fully saturated rings. The summed E-state index contributed by atoms with van der Waals surface area (Å²) in [4.78, 5) is 15.6. The number of nitrogens with one attached hydrogen (secondary N) is 1. The molecule has 21 heavy (non-hydrogen) atoms. The number of aryl methyl sites for hydroxylation is 1. The molecule has 0 saturated heterocycles. The number of sulfone groups is 1. The topological polar surface area (TPSA) is 85.4 Å². The number of anilines is 1. The maximum absolute atomic E-state index is 11.6. The van der Waals surface area contributed by atoms with Gasteiger partial charge in [-0.15, -0.1) is 11.3 Å². The zero-order chi connectivity index (χ0) is 16.1. The SMILES string of the molecule is CCOC(=O)CCc1csc(NCC(C)(C)S(C)(=O)=O)n1. The Kier molecular flexibility index (Phi) is 6.15. The van der Waals surface area contributed by atoms with Gasteiger partial charge in [0.1, 0.15) is 0 Å². The highest BCUT2D eigenvalue weighted by molar-refractivity contribution is 7.92. The molecule has 0 aliphatic carbocycles. The molecule has 0 saturated carbocycles. The maximum atomic E-state index is 11.6.